The molecular formula is C23H23N5O2S. The van der Waals surface area contributed by atoms with Crippen molar-refractivity contribution in [3.63, 3.8) is 0 Å². The van der Waals surface area contributed by atoms with Crippen molar-refractivity contribution < 1.29 is 9.53 Å². The summed E-state index contributed by atoms with van der Waals surface area (Å²) in [6, 6.07) is 11.8. The van der Waals surface area contributed by atoms with Crippen molar-refractivity contribution in [3.8, 4) is 17.1 Å². The molecule has 4 aromatic rings. The van der Waals surface area contributed by atoms with E-state index in [0.29, 0.717) is 17.6 Å². The third-order valence-electron chi connectivity index (χ3n) is 4.82. The molecule has 0 spiro atoms. The molecule has 7 nitrogen and oxygen atoms in total. The first-order valence-corrected chi connectivity index (χ1v) is 10.7. The van der Waals surface area contributed by atoms with Gasteiger partial charge in [-0.2, -0.15) is 0 Å². The number of pyridine rings is 1. The molecule has 4 rings (SSSR count). The Balaban J connectivity index is 1.55. The topological polar surface area (TPSA) is 73.1 Å². The summed E-state index contributed by atoms with van der Waals surface area (Å²) in [4.78, 5) is 23.8. The Kier molecular flexibility index (Phi) is 5.81. The van der Waals surface area contributed by atoms with Gasteiger partial charge < -0.3 is 4.74 Å². The van der Waals surface area contributed by atoms with E-state index in [4.69, 9.17) is 4.74 Å². The maximum absolute atomic E-state index is 13.0. The number of hydrogen-bond donors (Lipinski definition) is 0. The monoisotopic (exact) mass is 433 g/mol. The first kappa shape index (κ1) is 20.7. The predicted molar refractivity (Wildman–Crippen MR) is 124 cm³/mol. The lowest BCUT2D eigenvalue weighted by atomic mass is 10.2. The fourth-order valence-corrected chi connectivity index (χ4v) is 4.26. The van der Waals surface area contributed by atoms with Crippen molar-refractivity contribution in [3.05, 3.63) is 65.7 Å². The molecule has 0 atom stereocenters. The zero-order valence-electron chi connectivity index (χ0n) is 17.7. The Morgan fingerprint density at radius 2 is 2.03 bits per heavy atom. The van der Waals surface area contributed by atoms with Gasteiger partial charge in [-0.1, -0.05) is 36.4 Å². The van der Waals surface area contributed by atoms with Gasteiger partial charge in [-0.3, -0.25) is 9.69 Å². The average Bonchev–Trinajstić information content (AvgIpc) is 3.36. The quantitative estimate of drug-likeness (QED) is 0.406. The van der Waals surface area contributed by atoms with Crippen molar-refractivity contribution in [2.24, 2.45) is 7.05 Å². The molecule has 0 saturated carbocycles. The van der Waals surface area contributed by atoms with Gasteiger partial charge in [0.15, 0.2) is 17.4 Å². The number of carbonyl (C=O) groups excluding carboxylic acids is 1. The SMILES string of the molecule is C=CCN(C(=O)COc1nn(C)c2nc(C)cc(C)c12)c1nc(-c2ccccc2)cs1. The van der Waals surface area contributed by atoms with Crippen LogP contribution < -0.4 is 9.64 Å². The van der Waals surface area contributed by atoms with Crippen molar-refractivity contribution in [1.29, 1.82) is 0 Å². The van der Waals surface area contributed by atoms with E-state index in [1.165, 1.54) is 11.3 Å². The van der Waals surface area contributed by atoms with Crippen LogP contribution >= 0.6 is 11.3 Å². The molecule has 0 aliphatic carbocycles. The maximum atomic E-state index is 13.0. The van der Waals surface area contributed by atoms with E-state index in [9.17, 15) is 4.79 Å². The number of amides is 1. The van der Waals surface area contributed by atoms with Gasteiger partial charge in [0.05, 0.1) is 11.1 Å². The summed E-state index contributed by atoms with van der Waals surface area (Å²) in [7, 11) is 1.81. The lowest BCUT2D eigenvalue weighted by Crippen LogP contribution is -2.35. The number of thiazole rings is 1. The highest BCUT2D eigenvalue weighted by atomic mass is 32.1. The molecule has 3 aromatic heterocycles. The van der Waals surface area contributed by atoms with Crippen LogP contribution in [0.3, 0.4) is 0 Å². The highest BCUT2D eigenvalue weighted by Gasteiger charge is 2.21. The summed E-state index contributed by atoms with van der Waals surface area (Å²) < 4.78 is 7.51. The van der Waals surface area contributed by atoms with Gasteiger partial charge in [-0.25, -0.2) is 14.6 Å². The van der Waals surface area contributed by atoms with Crippen LogP contribution in [-0.2, 0) is 11.8 Å². The van der Waals surface area contributed by atoms with Gasteiger partial charge in [-0.05, 0) is 25.5 Å². The maximum Gasteiger partial charge on any atom is 0.267 e. The molecule has 0 unspecified atom stereocenters. The first-order valence-electron chi connectivity index (χ1n) is 9.84. The summed E-state index contributed by atoms with van der Waals surface area (Å²) in [6.45, 7) is 7.88. The zero-order chi connectivity index (χ0) is 22.0. The fraction of sp³-hybridized carbons (Fsp3) is 0.217. The number of ether oxygens (including phenoxy) is 1. The van der Waals surface area contributed by atoms with Crippen LogP contribution in [0, 0.1) is 13.8 Å². The van der Waals surface area contributed by atoms with Crippen molar-refractivity contribution >= 4 is 33.4 Å². The molecule has 0 fully saturated rings. The van der Waals surface area contributed by atoms with Crippen LogP contribution in [-0.4, -0.2) is 38.8 Å². The van der Waals surface area contributed by atoms with Gasteiger partial charge >= 0.3 is 0 Å². The Labute approximate surface area is 184 Å². The lowest BCUT2D eigenvalue weighted by molar-refractivity contribution is -0.120. The number of anilines is 1. The van der Waals surface area contributed by atoms with Crippen molar-refractivity contribution in [2.75, 3.05) is 18.1 Å². The van der Waals surface area contributed by atoms with E-state index in [1.807, 2.05) is 62.7 Å². The zero-order valence-corrected chi connectivity index (χ0v) is 18.5. The van der Waals surface area contributed by atoms with Gasteiger partial charge in [0.25, 0.3) is 5.91 Å². The summed E-state index contributed by atoms with van der Waals surface area (Å²) in [5.74, 6) is 0.184. The molecule has 8 heteroatoms. The minimum Gasteiger partial charge on any atom is -0.466 e. The van der Waals surface area contributed by atoms with Gasteiger partial charge in [0, 0.05) is 30.2 Å². The summed E-state index contributed by atoms with van der Waals surface area (Å²) in [6.07, 6.45) is 1.68. The molecule has 1 aromatic carbocycles. The molecule has 0 aliphatic rings. The van der Waals surface area contributed by atoms with Gasteiger partial charge in [-0.15, -0.1) is 23.0 Å². The molecule has 3 heterocycles. The van der Waals surface area contributed by atoms with E-state index >= 15 is 0 Å². The summed E-state index contributed by atoms with van der Waals surface area (Å²) in [5.41, 5.74) is 4.48. The summed E-state index contributed by atoms with van der Waals surface area (Å²) >= 11 is 1.41. The number of fused-ring (bicyclic) bond motifs is 1. The second-order valence-corrected chi connectivity index (χ2v) is 8.01. The van der Waals surface area contributed by atoms with Crippen molar-refractivity contribution in [2.45, 2.75) is 13.8 Å². The fourth-order valence-electron chi connectivity index (χ4n) is 3.40. The third-order valence-corrected chi connectivity index (χ3v) is 5.69. The van der Waals surface area contributed by atoms with E-state index in [2.05, 4.69) is 21.6 Å². The number of aromatic nitrogens is 4. The molecule has 1 amide bonds. The number of carbonyl (C=O) groups is 1. The second kappa shape index (κ2) is 8.69. The van der Waals surface area contributed by atoms with Crippen LogP contribution in [0.2, 0.25) is 0 Å². The Hall–Kier alpha value is -3.52. The van der Waals surface area contributed by atoms with Gasteiger partial charge in [0.1, 0.15) is 0 Å². The minimum atomic E-state index is -0.217. The predicted octanol–water partition coefficient (Wildman–Crippen LogP) is 4.31. The lowest BCUT2D eigenvalue weighted by Gasteiger charge is -2.18. The summed E-state index contributed by atoms with van der Waals surface area (Å²) in [5, 5.41) is 7.78. The molecule has 0 saturated heterocycles. The molecule has 0 bridgehead atoms. The Morgan fingerprint density at radius 1 is 1.26 bits per heavy atom. The third kappa shape index (κ3) is 4.20. The highest BCUT2D eigenvalue weighted by molar-refractivity contribution is 7.14. The van der Waals surface area contributed by atoms with E-state index in [0.717, 1.165) is 33.5 Å². The molecule has 31 heavy (non-hydrogen) atoms. The number of rotatable bonds is 7. The van der Waals surface area contributed by atoms with Crippen LogP contribution in [0.5, 0.6) is 5.88 Å². The van der Waals surface area contributed by atoms with Crippen molar-refractivity contribution in [1.82, 2.24) is 19.7 Å². The van der Waals surface area contributed by atoms with E-state index in [1.54, 1.807) is 15.7 Å². The molecule has 0 radical (unpaired) electrons. The van der Waals surface area contributed by atoms with Crippen LogP contribution in [0.4, 0.5) is 5.13 Å². The normalized spacial score (nSPS) is 10.9. The molecular weight excluding hydrogens is 410 g/mol. The number of aryl methyl sites for hydroxylation is 3. The second-order valence-electron chi connectivity index (χ2n) is 7.17. The number of benzene rings is 1. The smallest absolute Gasteiger partial charge is 0.267 e. The van der Waals surface area contributed by atoms with Crippen LogP contribution in [0.1, 0.15) is 11.3 Å². The van der Waals surface area contributed by atoms with E-state index < -0.39 is 0 Å². The minimum absolute atomic E-state index is 0.159. The number of hydrogen-bond acceptors (Lipinski definition) is 6. The highest BCUT2D eigenvalue weighted by Crippen LogP contribution is 2.29. The van der Waals surface area contributed by atoms with Crippen LogP contribution in [0.25, 0.3) is 22.3 Å². The Morgan fingerprint density at radius 3 is 2.77 bits per heavy atom. The first-order chi connectivity index (χ1) is 15.0. The number of nitrogens with zero attached hydrogens (tertiary/aromatic N) is 5. The molecule has 0 N–H and O–H groups in total. The Bertz CT molecular complexity index is 1250. The molecule has 0 aliphatic heterocycles. The standard InChI is InChI=1S/C23H23N5O2S/c1-5-11-28(23-25-18(14-31-23)17-9-7-6-8-10-17)19(29)13-30-22-20-15(2)12-16(3)24-21(20)27(4)26-22/h5-10,12,14H,1,11,13H2,2-4H3. The van der Waals surface area contributed by atoms with Gasteiger partial charge in [0.2, 0.25) is 5.88 Å². The molecule has 158 valence electrons. The van der Waals surface area contributed by atoms with Crippen LogP contribution in [0.15, 0.2) is 54.4 Å². The average molecular weight is 434 g/mol. The van der Waals surface area contributed by atoms with E-state index in [-0.39, 0.29) is 12.5 Å². The largest absolute Gasteiger partial charge is 0.466 e.